The average Bonchev–Trinajstić information content (AvgIpc) is 2.56. The van der Waals surface area contributed by atoms with Gasteiger partial charge in [0.05, 0.1) is 5.75 Å². The van der Waals surface area contributed by atoms with E-state index in [0.29, 0.717) is 18.7 Å². The van der Waals surface area contributed by atoms with Gasteiger partial charge in [-0.1, -0.05) is 19.1 Å². The van der Waals surface area contributed by atoms with Gasteiger partial charge in [-0.25, -0.2) is 17.5 Å². The molecule has 1 N–H and O–H groups in total. The maximum Gasteiger partial charge on any atom is 0.223 e. The Morgan fingerprint density at radius 3 is 2.38 bits per heavy atom. The molecule has 24 heavy (non-hydrogen) atoms. The Morgan fingerprint density at radius 2 is 1.79 bits per heavy atom. The van der Waals surface area contributed by atoms with E-state index < -0.39 is 15.8 Å². The Morgan fingerprint density at radius 1 is 1.17 bits per heavy atom. The summed E-state index contributed by atoms with van der Waals surface area (Å²) in [5.41, 5.74) is 0.505. The fraction of sp³-hybridized carbons (Fsp3) is 0.562. The highest BCUT2D eigenvalue weighted by Crippen LogP contribution is 2.07. The van der Waals surface area contributed by atoms with Crippen LogP contribution < -0.4 is 4.72 Å². The molecule has 0 aliphatic carbocycles. The van der Waals surface area contributed by atoms with E-state index in [1.54, 1.807) is 4.90 Å². The minimum absolute atomic E-state index is 0.0322. The molecule has 1 aliphatic rings. The lowest BCUT2D eigenvalue weighted by Crippen LogP contribution is -2.49. The fourth-order valence-electron chi connectivity index (χ4n) is 2.64. The summed E-state index contributed by atoms with van der Waals surface area (Å²) in [5.74, 6) is -0.662. The molecule has 0 radical (unpaired) electrons. The number of halogens is 1. The van der Waals surface area contributed by atoms with E-state index in [2.05, 4.69) is 16.5 Å². The van der Waals surface area contributed by atoms with Crippen molar-refractivity contribution >= 4 is 15.9 Å². The minimum Gasteiger partial charge on any atom is -0.340 e. The van der Waals surface area contributed by atoms with Crippen molar-refractivity contribution in [3.8, 4) is 0 Å². The second-order valence-electron chi connectivity index (χ2n) is 5.84. The zero-order chi connectivity index (χ0) is 17.6. The largest absolute Gasteiger partial charge is 0.340 e. The van der Waals surface area contributed by atoms with Crippen LogP contribution >= 0.6 is 0 Å². The van der Waals surface area contributed by atoms with Crippen molar-refractivity contribution in [1.29, 1.82) is 0 Å². The van der Waals surface area contributed by atoms with Gasteiger partial charge in [-0.3, -0.25) is 4.79 Å². The molecule has 1 fully saturated rings. The quantitative estimate of drug-likeness (QED) is 0.784. The molecular formula is C16H24FN3O3S. The first-order valence-electron chi connectivity index (χ1n) is 8.11. The smallest absolute Gasteiger partial charge is 0.223 e. The van der Waals surface area contributed by atoms with Crippen molar-refractivity contribution in [2.24, 2.45) is 0 Å². The first-order chi connectivity index (χ1) is 11.4. The summed E-state index contributed by atoms with van der Waals surface area (Å²) in [6.45, 7) is 6.25. The summed E-state index contributed by atoms with van der Waals surface area (Å²) in [4.78, 5) is 16.2. The number of nitrogens with zero attached hydrogens (tertiary/aromatic N) is 2. The Labute approximate surface area is 142 Å². The highest BCUT2D eigenvalue weighted by Gasteiger charge is 2.20. The molecule has 1 aliphatic heterocycles. The molecule has 0 aromatic heterocycles. The third-order valence-corrected chi connectivity index (χ3v) is 5.46. The Balaban J connectivity index is 1.74. The van der Waals surface area contributed by atoms with Crippen LogP contribution in [0.25, 0.3) is 0 Å². The molecule has 134 valence electrons. The van der Waals surface area contributed by atoms with Crippen LogP contribution in [-0.2, 0) is 20.6 Å². The van der Waals surface area contributed by atoms with E-state index >= 15 is 0 Å². The normalized spacial score (nSPS) is 16.3. The fourth-order valence-corrected chi connectivity index (χ4v) is 3.78. The number of carbonyl (C=O) groups excluding carboxylic acids is 1. The van der Waals surface area contributed by atoms with Crippen molar-refractivity contribution in [1.82, 2.24) is 14.5 Å². The summed E-state index contributed by atoms with van der Waals surface area (Å²) < 4.78 is 39.2. The van der Waals surface area contributed by atoms with Gasteiger partial charge < -0.3 is 9.80 Å². The van der Waals surface area contributed by atoms with Crippen LogP contribution in [0, 0.1) is 5.82 Å². The van der Waals surface area contributed by atoms with Crippen molar-refractivity contribution in [2.45, 2.75) is 19.1 Å². The summed E-state index contributed by atoms with van der Waals surface area (Å²) in [5, 5.41) is 0. The van der Waals surface area contributed by atoms with Gasteiger partial charge in [0, 0.05) is 39.1 Å². The van der Waals surface area contributed by atoms with Crippen LogP contribution in [0.15, 0.2) is 24.3 Å². The number of carbonyl (C=O) groups is 1. The highest BCUT2D eigenvalue weighted by atomic mass is 32.2. The van der Waals surface area contributed by atoms with E-state index in [-0.39, 0.29) is 24.6 Å². The second-order valence-corrected chi connectivity index (χ2v) is 7.65. The van der Waals surface area contributed by atoms with Crippen LogP contribution in [-0.4, -0.2) is 63.4 Å². The lowest BCUT2D eigenvalue weighted by atomic mass is 10.2. The molecule has 8 heteroatoms. The molecule has 1 aromatic carbocycles. The molecule has 6 nitrogen and oxygen atoms in total. The van der Waals surface area contributed by atoms with Gasteiger partial charge in [-0.2, -0.15) is 0 Å². The lowest BCUT2D eigenvalue weighted by Gasteiger charge is -2.34. The highest BCUT2D eigenvalue weighted by molar-refractivity contribution is 7.88. The number of likely N-dealkylation sites (N-methyl/N-ethyl adjacent to an activating group) is 1. The molecule has 0 spiro atoms. The molecule has 1 saturated heterocycles. The van der Waals surface area contributed by atoms with Crippen LogP contribution in [0.2, 0.25) is 0 Å². The van der Waals surface area contributed by atoms with Crippen molar-refractivity contribution in [3.63, 3.8) is 0 Å². The molecular weight excluding hydrogens is 333 g/mol. The first-order valence-corrected chi connectivity index (χ1v) is 9.77. The van der Waals surface area contributed by atoms with Gasteiger partial charge in [0.1, 0.15) is 5.82 Å². The number of amides is 1. The van der Waals surface area contributed by atoms with Crippen LogP contribution in [0.4, 0.5) is 4.39 Å². The van der Waals surface area contributed by atoms with Gasteiger partial charge in [0.15, 0.2) is 0 Å². The molecule has 0 unspecified atom stereocenters. The lowest BCUT2D eigenvalue weighted by molar-refractivity contribution is -0.132. The summed E-state index contributed by atoms with van der Waals surface area (Å²) >= 11 is 0. The van der Waals surface area contributed by atoms with E-state index in [0.717, 1.165) is 19.6 Å². The van der Waals surface area contributed by atoms with E-state index in [9.17, 15) is 17.6 Å². The standard InChI is InChI=1S/C16H24FN3O3S/c1-2-19-9-11-20(12-10-19)16(21)7-8-18-24(22,23)13-14-3-5-15(17)6-4-14/h3-6,18H,2,7-13H2,1H3. The maximum atomic E-state index is 12.8. The van der Waals surface area contributed by atoms with Gasteiger partial charge in [-0.15, -0.1) is 0 Å². The molecule has 1 amide bonds. The maximum absolute atomic E-state index is 12.8. The van der Waals surface area contributed by atoms with E-state index in [1.165, 1.54) is 24.3 Å². The Bertz CT molecular complexity index is 641. The Kier molecular flexibility index (Phi) is 6.70. The van der Waals surface area contributed by atoms with Gasteiger partial charge >= 0.3 is 0 Å². The topological polar surface area (TPSA) is 69.7 Å². The molecule has 1 aromatic rings. The summed E-state index contributed by atoms with van der Waals surface area (Å²) in [7, 11) is -3.54. The number of sulfonamides is 1. The predicted molar refractivity (Wildman–Crippen MR) is 90.3 cm³/mol. The van der Waals surface area contributed by atoms with Crippen LogP contribution in [0.3, 0.4) is 0 Å². The number of benzene rings is 1. The third-order valence-electron chi connectivity index (χ3n) is 4.10. The number of nitrogens with one attached hydrogen (secondary N) is 1. The zero-order valence-electron chi connectivity index (χ0n) is 13.9. The van der Waals surface area contributed by atoms with Gasteiger partial charge in [0.2, 0.25) is 15.9 Å². The number of piperazine rings is 1. The van der Waals surface area contributed by atoms with Gasteiger partial charge in [0.25, 0.3) is 0 Å². The second kappa shape index (κ2) is 8.55. The molecule has 0 atom stereocenters. The number of hydrogen-bond donors (Lipinski definition) is 1. The zero-order valence-corrected chi connectivity index (χ0v) is 14.7. The average molecular weight is 357 g/mol. The van der Waals surface area contributed by atoms with Crippen molar-refractivity contribution in [2.75, 3.05) is 39.3 Å². The van der Waals surface area contributed by atoms with Crippen molar-refractivity contribution < 1.29 is 17.6 Å². The molecule has 2 rings (SSSR count). The van der Waals surface area contributed by atoms with Crippen molar-refractivity contribution in [3.05, 3.63) is 35.6 Å². The predicted octanol–water partition coefficient (Wildman–Crippen LogP) is 0.799. The molecule has 0 saturated carbocycles. The summed E-state index contributed by atoms with van der Waals surface area (Å²) in [6.07, 6.45) is 0.148. The Hall–Kier alpha value is -1.51. The number of rotatable bonds is 7. The SMILES string of the molecule is CCN1CCN(C(=O)CCNS(=O)(=O)Cc2ccc(F)cc2)CC1. The molecule has 1 heterocycles. The summed E-state index contributed by atoms with van der Waals surface area (Å²) in [6, 6.07) is 5.33. The number of hydrogen-bond acceptors (Lipinski definition) is 4. The first kappa shape index (κ1) is 18.8. The minimum atomic E-state index is -3.54. The monoisotopic (exact) mass is 357 g/mol. The molecule has 0 bridgehead atoms. The van der Waals surface area contributed by atoms with Crippen LogP contribution in [0.1, 0.15) is 18.9 Å². The van der Waals surface area contributed by atoms with E-state index in [4.69, 9.17) is 0 Å². The van der Waals surface area contributed by atoms with E-state index in [1.807, 2.05) is 0 Å². The van der Waals surface area contributed by atoms with Crippen LogP contribution in [0.5, 0.6) is 0 Å². The third kappa shape index (κ3) is 5.85. The van der Waals surface area contributed by atoms with Gasteiger partial charge in [-0.05, 0) is 24.2 Å².